The van der Waals surface area contributed by atoms with Gasteiger partial charge in [-0.05, 0) is 20.1 Å². The SMILES string of the molecule is C=C(/N=C(NCC)\C(C=O)=C(\C)N)SC. The smallest absolute Gasteiger partial charge is 0.155 e. The van der Waals surface area contributed by atoms with Crippen LogP contribution >= 0.6 is 11.8 Å². The van der Waals surface area contributed by atoms with Gasteiger partial charge in [0.1, 0.15) is 5.84 Å². The zero-order chi connectivity index (χ0) is 11.8. The second kappa shape index (κ2) is 7.11. The van der Waals surface area contributed by atoms with Crippen LogP contribution in [0.2, 0.25) is 0 Å². The van der Waals surface area contributed by atoms with E-state index in [0.29, 0.717) is 35.0 Å². The number of hydrogen-bond acceptors (Lipinski definition) is 4. The van der Waals surface area contributed by atoms with E-state index in [1.165, 1.54) is 11.8 Å². The summed E-state index contributed by atoms with van der Waals surface area (Å²) in [4.78, 5) is 15.0. The first kappa shape index (κ1) is 13.8. The van der Waals surface area contributed by atoms with Gasteiger partial charge in [0, 0.05) is 12.2 Å². The lowest BCUT2D eigenvalue weighted by Gasteiger charge is -2.09. The first-order valence-corrected chi connectivity index (χ1v) is 5.76. The summed E-state index contributed by atoms with van der Waals surface area (Å²) in [5.74, 6) is 0.479. The van der Waals surface area contributed by atoms with Crippen molar-refractivity contribution in [1.29, 1.82) is 0 Å². The molecule has 0 aromatic heterocycles. The van der Waals surface area contributed by atoms with Crippen molar-refractivity contribution in [1.82, 2.24) is 5.32 Å². The number of nitrogens with zero attached hydrogens (tertiary/aromatic N) is 1. The fourth-order valence-corrected chi connectivity index (χ4v) is 1.05. The Balaban J connectivity index is 5.12. The molecule has 0 radical (unpaired) electrons. The molecular weight excluding hydrogens is 210 g/mol. The van der Waals surface area contributed by atoms with Crippen molar-refractivity contribution in [3.8, 4) is 0 Å². The minimum Gasteiger partial charge on any atom is -0.402 e. The number of allylic oxidation sites excluding steroid dienone is 1. The summed E-state index contributed by atoms with van der Waals surface area (Å²) in [5.41, 5.74) is 6.41. The average Bonchev–Trinajstić information content (AvgIpc) is 2.18. The molecule has 0 fully saturated rings. The van der Waals surface area contributed by atoms with E-state index >= 15 is 0 Å². The minimum absolute atomic E-state index is 0.382. The summed E-state index contributed by atoms with van der Waals surface area (Å²) in [5, 5.41) is 3.62. The molecule has 0 amide bonds. The molecular formula is C10H17N3OS. The Kier molecular flexibility index (Phi) is 6.53. The van der Waals surface area contributed by atoms with Gasteiger partial charge in [0.05, 0.1) is 10.6 Å². The summed E-state index contributed by atoms with van der Waals surface area (Å²) in [6, 6.07) is 0. The van der Waals surface area contributed by atoms with E-state index in [1.54, 1.807) is 6.92 Å². The Morgan fingerprint density at radius 2 is 2.27 bits per heavy atom. The molecule has 0 aromatic carbocycles. The number of hydrogen-bond donors (Lipinski definition) is 2. The predicted molar refractivity (Wildman–Crippen MR) is 66.7 cm³/mol. The first-order chi connectivity index (χ1) is 7.06. The lowest BCUT2D eigenvalue weighted by atomic mass is 10.2. The predicted octanol–water partition coefficient (Wildman–Crippen LogP) is 1.26. The molecule has 0 bridgehead atoms. The van der Waals surface area contributed by atoms with Crippen LogP contribution in [0.1, 0.15) is 13.8 Å². The Hall–Kier alpha value is -1.23. The van der Waals surface area contributed by atoms with Gasteiger partial charge in [0.25, 0.3) is 0 Å². The minimum atomic E-state index is 0.382. The van der Waals surface area contributed by atoms with Crippen LogP contribution in [0, 0.1) is 0 Å². The Bertz CT molecular complexity index is 304. The topological polar surface area (TPSA) is 67.5 Å². The molecule has 5 heteroatoms. The third-order valence-electron chi connectivity index (χ3n) is 1.61. The number of amidine groups is 1. The van der Waals surface area contributed by atoms with Crippen molar-refractivity contribution in [2.75, 3.05) is 12.8 Å². The standard InChI is InChI=1S/C10H17N3OS/c1-5-12-10(13-8(3)15-4)9(6-14)7(2)11/h6H,3,5,11H2,1-2,4H3,(H,12,13)/b9-7-. The van der Waals surface area contributed by atoms with E-state index in [4.69, 9.17) is 5.73 Å². The number of likely N-dealkylation sites (N-methyl/N-ethyl adjacent to an activating group) is 1. The van der Waals surface area contributed by atoms with Crippen LogP contribution < -0.4 is 11.1 Å². The molecule has 0 saturated carbocycles. The third-order valence-corrected chi connectivity index (χ3v) is 2.18. The highest BCUT2D eigenvalue weighted by molar-refractivity contribution is 8.02. The molecule has 0 aliphatic carbocycles. The molecule has 3 N–H and O–H groups in total. The Morgan fingerprint density at radius 3 is 2.60 bits per heavy atom. The summed E-state index contributed by atoms with van der Waals surface area (Å²) in [6.45, 7) is 7.99. The fourth-order valence-electron chi connectivity index (χ4n) is 0.868. The van der Waals surface area contributed by atoms with Crippen molar-refractivity contribution >= 4 is 23.9 Å². The van der Waals surface area contributed by atoms with Gasteiger partial charge in [-0.3, -0.25) is 4.79 Å². The van der Waals surface area contributed by atoms with Gasteiger partial charge < -0.3 is 11.1 Å². The van der Waals surface area contributed by atoms with Crippen LogP contribution in [0.15, 0.2) is 27.9 Å². The zero-order valence-electron chi connectivity index (χ0n) is 9.33. The number of rotatable bonds is 5. The molecule has 0 saturated heterocycles. The largest absolute Gasteiger partial charge is 0.402 e. The van der Waals surface area contributed by atoms with E-state index in [-0.39, 0.29) is 0 Å². The fraction of sp³-hybridized carbons (Fsp3) is 0.400. The number of thioether (sulfide) groups is 1. The van der Waals surface area contributed by atoms with Crippen LogP contribution in [-0.2, 0) is 4.79 Å². The summed E-state index contributed by atoms with van der Waals surface area (Å²) < 4.78 is 0. The van der Waals surface area contributed by atoms with Crippen LogP contribution in [-0.4, -0.2) is 24.9 Å². The lowest BCUT2D eigenvalue weighted by Crippen LogP contribution is -2.27. The number of carbonyl (C=O) groups is 1. The maximum atomic E-state index is 10.8. The molecule has 0 unspecified atom stereocenters. The van der Waals surface area contributed by atoms with E-state index in [2.05, 4.69) is 16.9 Å². The van der Waals surface area contributed by atoms with Crippen LogP contribution in [0.3, 0.4) is 0 Å². The molecule has 0 aromatic rings. The van der Waals surface area contributed by atoms with E-state index in [0.717, 1.165) is 0 Å². The summed E-state index contributed by atoms with van der Waals surface area (Å²) in [7, 11) is 0. The third kappa shape index (κ3) is 4.69. The molecule has 4 nitrogen and oxygen atoms in total. The highest BCUT2D eigenvalue weighted by Gasteiger charge is 2.08. The molecule has 0 aliphatic heterocycles. The first-order valence-electron chi connectivity index (χ1n) is 4.54. The van der Waals surface area contributed by atoms with Gasteiger partial charge in [-0.15, -0.1) is 11.8 Å². The average molecular weight is 227 g/mol. The molecule has 84 valence electrons. The van der Waals surface area contributed by atoms with Crippen LogP contribution in [0.4, 0.5) is 0 Å². The number of nitrogens with one attached hydrogen (secondary N) is 1. The molecule has 15 heavy (non-hydrogen) atoms. The van der Waals surface area contributed by atoms with Crippen LogP contribution in [0.25, 0.3) is 0 Å². The van der Waals surface area contributed by atoms with Gasteiger partial charge in [-0.1, -0.05) is 6.58 Å². The maximum Gasteiger partial charge on any atom is 0.155 e. The number of aliphatic imine (C=N–C) groups is 1. The van der Waals surface area contributed by atoms with E-state index in [1.807, 2.05) is 13.2 Å². The quantitative estimate of drug-likeness (QED) is 0.321. The summed E-state index contributed by atoms with van der Waals surface area (Å²) >= 11 is 1.42. The van der Waals surface area contributed by atoms with Crippen molar-refractivity contribution in [2.45, 2.75) is 13.8 Å². The van der Waals surface area contributed by atoms with Crippen molar-refractivity contribution < 1.29 is 4.79 Å². The zero-order valence-corrected chi connectivity index (χ0v) is 10.1. The lowest BCUT2D eigenvalue weighted by molar-refractivity contribution is -0.104. The monoisotopic (exact) mass is 227 g/mol. The second-order valence-electron chi connectivity index (χ2n) is 2.80. The molecule has 0 atom stereocenters. The van der Waals surface area contributed by atoms with Gasteiger partial charge in [-0.25, -0.2) is 4.99 Å². The molecule has 0 aliphatic rings. The second-order valence-corrected chi connectivity index (χ2v) is 3.68. The molecule has 0 heterocycles. The normalized spacial score (nSPS) is 13.1. The highest BCUT2D eigenvalue weighted by Crippen LogP contribution is 2.11. The van der Waals surface area contributed by atoms with Crippen molar-refractivity contribution in [3.05, 3.63) is 22.9 Å². The van der Waals surface area contributed by atoms with E-state index in [9.17, 15) is 4.79 Å². The van der Waals surface area contributed by atoms with Crippen molar-refractivity contribution in [2.24, 2.45) is 10.7 Å². The van der Waals surface area contributed by atoms with Crippen molar-refractivity contribution in [3.63, 3.8) is 0 Å². The van der Waals surface area contributed by atoms with E-state index < -0.39 is 0 Å². The van der Waals surface area contributed by atoms with Gasteiger partial charge in [0.15, 0.2) is 6.29 Å². The van der Waals surface area contributed by atoms with Gasteiger partial charge in [0.2, 0.25) is 0 Å². The van der Waals surface area contributed by atoms with Crippen LogP contribution in [0.5, 0.6) is 0 Å². The number of nitrogens with two attached hydrogens (primary N) is 1. The Labute approximate surface area is 94.7 Å². The number of aldehydes is 1. The Morgan fingerprint density at radius 1 is 1.67 bits per heavy atom. The maximum absolute atomic E-state index is 10.8. The highest BCUT2D eigenvalue weighted by atomic mass is 32.2. The summed E-state index contributed by atoms with van der Waals surface area (Å²) in [6.07, 6.45) is 2.57. The van der Waals surface area contributed by atoms with Gasteiger partial charge >= 0.3 is 0 Å². The van der Waals surface area contributed by atoms with Gasteiger partial charge in [-0.2, -0.15) is 0 Å². The number of carbonyl (C=O) groups excluding carboxylic acids is 1. The molecule has 0 spiro atoms. The molecule has 0 rings (SSSR count).